The Hall–Kier alpha value is -2.08. The second kappa shape index (κ2) is 8.34. The van der Waals surface area contributed by atoms with Crippen molar-refractivity contribution in [2.45, 2.75) is 5.92 Å². The van der Waals surface area contributed by atoms with Gasteiger partial charge in [-0.25, -0.2) is 4.98 Å². The van der Waals surface area contributed by atoms with Crippen molar-refractivity contribution in [2.24, 2.45) is 5.92 Å². The Morgan fingerprint density at radius 2 is 1.88 bits per heavy atom. The number of aromatic nitrogens is 1. The number of carbonyl (C=O) groups is 1. The molecule has 7 heteroatoms. The maximum atomic E-state index is 12.8. The topological polar surface area (TPSA) is 67.2 Å². The van der Waals surface area contributed by atoms with E-state index in [0.717, 1.165) is 6.54 Å². The highest BCUT2D eigenvalue weighted by Crippen LogP contribution is 2.30. The highest BCUT2D eigenvalue weighted by Gasteiger charge is 2.34. The van der Waals surface area contributed by atoms with E-state index in [1.165, 1.54) is 12.0 Å². The number of benzene rings is 2. The van der Waals surface area contributed by atoms with Crippen LogP contribution in [0.2, 0.25) is 0 Å². The van der Waals surface area contributed by atoms with Crippen LogP contribution in [0.5, 0.6) is 0 Å². The summed E-state index contributed by atoms with van der Waals surface area (Å²) in [5.41, 5.74) is 3.24. The Morgan fingerprint density at radius 3 is 2.68 bits per heavy atom. The van der Waals surface area contributed by atoms with Gasteiger partial charge in [0.05, 0.1) is 11.6 Å². The fraction of sp³-hybridized carbons (Fsp3) is 0.222. The number of halogens is 2. The van der Waals surface area contributed by atoms with Crippen LogP contribution in [0.15, 0.2) is 59.3 Å². The number of hydrogen-bond donors (Lipinski definition) is 2. The molecule has 2 heterocycles. The summed E-state index contributed by atoms with van der Waals surface area (Å²) >= 11 is 0. The van der Waals surface area contributed by atoms with Gasteiger partial charge in [0.15, 0.2) is 12.0 Å². The molecule has 0 bridgehead atoms. The smallest absolute Gasteiger partial charge is 0.229 e. The van der Waals surface area contributed by atoms with Crippen molar-refractivity contribution in [1.82, 2.24) is 10.3 Å². The van der Waals surface area contributed by atoms with Crippen molar-refractivity contribution in [3.05, 3.63) is 60.5 Å². The number of amides is 1. The molecule has 5 nitrogen and oxygen atoms in total. The van der Waals surface area contributed by atoms with Crippen LogP contribution in [0.4, 0.5) is 5.69 Å². The minimum atomic E-state index is -0.0976. The molecule has 3 aromatic rings. The molecule has 1 aliphatic heterocycles. The van der Waals surface area contributed by atoms with Gasteiger partial charge < -0.3 is 15.1 Å². The second-order valence-corrected chi connectivity index (χ2v) is 5.78. The molecule has 1 saturated heterocycles. The minimum Gasteiger partial charge on any atom is -0.443 e. The molecular formula is C18H19Cl2N3O2. The maximum Gasteiger partial charge on any atom is 0.229 e. The fourth-order valence-electron chi connectivity index (χ4n) is 3.22. The Bertz CT molecular complexity index is 838. The molecule has 0 spiro atoms. The molecule has 132 valence electrons. The van der Waals surface area contributed by atoms with Gasteiger partial charge in [0.2, 0.25) is 5.91 Å². The van der Waals surface area contributed by atoms with Crippen LogP contribution in [0.25, 0.3) is 11.1 Å². The van der Waals surface area contributed by atoms with Gasteiger partial charge >= 0.3 is 0 Å². The van der Waals surface area contributed by atoms with E-state index in [0.29, 0.717) is 23.3 Å². The lowest BCUT2D eigenvalue weighted by atomic mass is 9.88. The standard InChI is InChI=1S/C18H17N3O2.2ClH/c22-18(21-15-7-4-8-16-17(15)20-11-23-16)14-10-19-9-13(14)12-5-2-1-3-6-12;;/h1-8,11,13-14,19H,9-10H2,(H,21,22);2*1H. The second-order valence-electron chi connectivity index (χ2n) is 5.78. The minimum absolute atomic E-state index is 0. The highest BCUT2D eigenvalue weighted by atomic mass is 35.5. The van der Waals surface area contributed by atoms with E-state index in [4.69, 9.17) is 4.42 Å². The van der Waals surface area contributed by atoms with Gasteiger partial charge in [0, 0.05) is 19.0 Å². The van der Waals surface area contributed by atoms with Gasteiger partial charge in [-0.05, 0) is 17.7 Å². The van der Waals surface area contributed by atoms with Crippen LogP contribution in [-0.4, -0.2) is 24.0 Å². The quantitative estimate of drug-likeness (QED) is 0.729. The van der Waals surface area contributed by atoms with Crippen LogP contribution in [0.3, 0.4) is 0 Å². The largest absolute Gasteiger partial charge is 0.443 e. The van der Waals surface area contributed by atoms with Gasteiger partial charge in [-0.15, -0.1) is 24.8 Å². The maximum absolute atomic E-state index is 12.8. The third kappa shape index (κ3) is 3.79. The summed E-state index contributed by atoms with van der Waals surface area (Å²) in [4.78, 5) is 16.9. The van der Waals surface area contributed by atoms with Gasteiger partial charge in [-0.3, -0.25) is 4.79 Å². The molecule has 4 rings (SSSR count). The highest BCUT2D eigenvalue weighted by molar-refractivity contribution is 6.00. The van der Waals surface area contributed by atoms with Gasteiger partial charge in [0.25, 0.3) is 0 Å². The third-order valence-corrected chi connectivity index (χ3v) is 4.40. The first-order valence-corrected chi connectivity index (χ1v) is 7.71. The van der Waals surface area contributed by atoms with Crippen molar-refractivity contribution in [3.8, 4) is 0 Å². The Balaban J connectivity index is 0.00000113. The van der Waals surface area contributed by atoms with E-state index in [9.17, 15) is 4.79 Å². The zero-order valence-corrected chi connectivity index (χ0v) is 15.0. The predicted octanol–water partition coefficient (Wildman–Crippen LogP) is 3.61. The first kappa shape index (κ1) is 19.2. The number of oxazole rings is 1. The first-order valence-electron chi connectivity index (χ1n) is 7.71. The number of para-hydroxylation sites is 1. The van der Waals surface area contributed by atoms with Crippen molar-refractivity contribution in [3.63, 3.8) is 0 Å². The monoisotopic (exact) mass is 379 g/mol. The molecule has 1 fully saturated rings. The molecule has 2 aromatic carbocycles. The number of fused-ring (bicyclic) bond motifs is 1. The fourth-order valence-corrected chi connectivity index (χ4v) is 3.22. The average molecular weight is 380 g/mol. The zero-order chi connectivity index (χ0) is 15.6. The summed E-state index contributed by atoms with van der Waals surface area (Å²) in [7, 11) is 0. The Labute approximate surface area is 158 Å². The van der Waals surface area contributed by atoms with Gasteiger partial charge in [0.1, 0.15) is 5.52 Å². The van der Waals surface area contributed by atoms with Gasteiger partial charge in [-0.2, -0.15) is 0 Å². The predicted molar refractivity (Wildman–Crippen MR) is 103 cm³/mol. The number of nitrogens with zero attached hydrogens (tertiary/aromatic N) is 1. The molecule has 1 aliphatic rings. The summed E-state index contributed by atoms with van der Waals surface area (Å²) in [6.45, 7) is 1.50. The number of anilines is 1. The lowest BCUT2D eigenvalue weighted by molar-refractivity contribution is -0.119. The van der Waals surface area contributed by atoms with E-state index in [1.807, 2.05) is 36.4 Å². The van der Waals surface area contributed by atoms with Crippen LogP contribution >= 0.6 is 24.8 Å². The molecule has 0 aliphatic carbocycles. The normalized spacial score (nSPS) is 19.0. The lowest BCUT2D eigenvalue weighted by Gasteiger charge is -2.18. The van der Waals surface area contributed by atoms with E-state index in [2.05, 4.69) is 27.8 Å². The van der Waals surface area contributed by atoms with Crippen molar-refractivity contribution in [2.75, 3.05) is 18.4 Å². The van der Waals surface area contributed by atoms with E-state index in [1.54, 1.807) is 0 Å². The molecule has 0 radical (unpaired) electrons. The van der Waals surface area contributed by atoms with Crippen molar-refractivity contribution < 1.29 is 9.21 Å². The van der Waals surface area contributed by atoms with Crippen LogP contribution in [0, 0.1) is 5.92 Å². The van der Waals surface area contributed by atoms with Crippen molar-refractivity contribution in [1.29, 1.82) is 0 Å². The molecule has 1 amide bonds. The SMILES string of the molecule is Cl.Cl.O=C(Nc1cccc2ocnc12)C1CNCC1c1ccccc1. The molecule has 1 aromatic heterocycles. The molecule has 0 saturated carbocycles. The molecule has 2 N–H and O–H groups in total. The molecular weight excluding hydrogens is 361 g/mol. The molecule has 25 heavy (non-hydrogen) atoms. The number of rotatable bonds is 3. The molecule has 2 atom stereocenters. The summed E-state index contributed by atoms with van der Waals surface area (Å²) in [5.74, 6) is 0.103. The van der Waals surface area contributed by atoms with E-state index >= 15 is 0 Å². The lowest BCUT2D eigenvalue weighted by Crippen LogP contribution is -2.28. The summed E-state index contributed by atoms with van der Waals surface area (Å²) in [6.07, 6.45) is 1.39. The van der Waals surface area contributed by atoms with Gasteiger partial charge in [-0.1, -0.05) is 36.4 Å². The van der Waals surface area contributed by atoms with Crippen molar-refractivity contribution >= 4 is 47.5 Å². The zero-order valence-electron chi connectivity index (χ0n) is 13.3. The van der Waals surface area contributed by atoms with Crippen LogP contribution in [0.1, 0.15) is 11.5 Å². The summed E-state index contributed by atoms with van der Waals surface area (Å²) < 4.78 is 5.28. The van der Waals surface area contributed by atoms with Crippen LogP contribution < -0.4 is 10.6 Å². The number of nitrogens with one attached hydrogen (secondary N) is 2. The van der Waals surface area contributed by atoms with E-state index < -0.39 is 0 Å². The number of carbonyl (C=O) groups excluding carboxylic acids is 1. The molecule has 2 unspecified atom stereocenters. The number of hydrogen-bond acceptors (Lipinski definition) is 4. The first-order chi connectivity index (χ1) is 11.3. The Kier molecular flexibility index (Phi) is 6.42. The third-order valence-electron chi connectivity index (χ3n) is 4.40. The summed E-state index contributed by atoms with van der Waals surface area (Å²) in [5, 5.41) is 6.34. The van der Waals surface area contributed by atoms with Crippen LogP contribution in [-0.2, 0) is 4.79 Å². The van der Waals surface area contributed by atoms with E-state index in [-0.39, 0.29) is 42.6 Å². The average Bonchev–Trinajstić information content (AvgIpc) is 3.25. The Morgan fingerprint density at radius 1 is 1.08 bits per heavy atom. The summed E-state index contributed by atoms with van der Waals surface area (Å²) in [6, 6.07) is 15.7.